The summed E-state index contributed by atoms with van der Waals surface area (Å²) in [6.07, 6.45) is 0. The number of ether oxygens (including phenoxy) is 1. The number of anilines is 3. The third kappa shape index (κ3) is 3.14. The van der Waals surface area contributed by atoms with Gasteiger partial charge >= 0.3 is 0 Å². The van der Waals surface area contributed by atoms with E-state index in [9.17, 15) is 8.78 Å². The molecular formula is C13H11BrF2N2O. The zero-order chi connectivity index (χ0) is 14.0. The average molecular weight is 329 g/mol. The fraction of sp³-hybridized carbons (Fsp3) is 0.0769. The molecule has 2 aromatic rings. The van der Waals surface area contributed by atoms with Crippen LogP contribution < -0.4 is 15.8 Å². The lowest BCUT2D eigenvalue weighted by molar-refractivity contribution is 0.417. The molecule has 0 amide bonds. The maximum atomic E-state index is 13.1. The van der Waals surface area contributed by atoms with Gasteiger partial charge in [0.15, 0.2) is 0 Å². The van der Waals surface area contributed by atoms with Gasteiger partial charge < -0.3 is 15.8 Å². The zero-order valence-electron chi connectivity index (χ0n) is 10.0. The fourth-order valence-corrected chi connectivity index (χ4v) is 2.08. The minimum atomic E-state index is -0.664. The van der Waals surface area contributed by atoms with Crippen LogP contribution in [0.3, 0.4) is 0 Å². The molecule has 0 radical (unpaired) electrons. The van der Waals surface area contributed by atoms with Gasteiger partial charge in [-0.15, -0.1) is 0 Å². The molecule has 0 aliphatic heterocycles. The Morgan fingerprint density at radius 1 is 1.11 bits per heavy atom. The number of hydrogen-bond acceptors (Lipinski definition) is 3. The van der Waals surface area contributed by atoms with Crippen molar-refractivity contribution < 1.29 is 13.5 Å². The summed E-state index contributed by atoms with van der Waals surface area (Å²) in [5.41, 5.74) is 7.01. The minimum Gasteiger partial charge on any atom is -0.494 e. The maximum Gasteiger partial charge on any atom is 0.145 e. The van der Waals surface area contributed by atoms with Gasteiger partial charge in [-0.25, -0.2) is 8.78 Å². The predicted octanol–water partition coefficient (Wildman–Crippen LogP) is 4.06. The second kappa shape index (κ2) is 5.44. The minimum absolute atomic E-state index is 0.268. The Morgan fingerprint density at radius 2 is 1.74 bits per heavy atom. The average Bonchev–Trinajstić information content (AvgIpc) is 2.32. The first kappa shape index (κ1) is 13.6. The lowest BCUT2D eigenvalue weighted by atomic mass is 10.2. The Kier molecular flexibility index (Phi) is 3.90. The van der Waals surface area contributed by atoms with Gasteiger partial charge in [-0.1, -0.05) is 15.9 Å². The summed E-state index contributed by atoms with van der Waals surface area (Å²) < 4.78 is 32.1. The number of rotatable bonds is 3. The Hall–Kier alpha value is -1.82. The molecule has 3 nitrogen and oxygen atoms in total. The van der Waals surface area contributed by atoms with E-state index in [4.69, 9.17) is 10.5 Å². The molecule has 0 saturated heterocycles. The van der Waals surface area contributed by atoms with Crippen molar-refractivity contribution in [3.8, 4) is 5.75 Å². The van der Waals surface area contributed by atoms with Crippen molar-refractivity contribution >= 4 is 33.0 Å². The van der Waals surface area contributed by atoms with Gasteiger partial charge in [-0.2, -0.15) is 0 Å². The Balaban J connectivity index is 2.40. The molecule has 0 aliphatic rings. The first-order chi connectivity index (χ1) is 8.99. The van der Waals surface area contributed by atoms with Gasteiger partial charge in [0.05, 0.1) is 18.5 Å². The summed E-state index contributed by atoms with van der Waals surface area (Å²) in [7, 11) is 1.49. The quantitative estimate of drug-likeness (QED) is 0.835. The second-order valence-corrected chi connectivity index (χ2v) is 4.77. The van der Waals surface area contributed by atoms with Crippen LogP contribution in [0.25, 0.3) is 0 Å². The highest BCUT2D eigenvalue weighted by Crippen LogP contribution is 2.35. The molecule has 2 rings (SSSR count). The third-order valence-electron chi connectivity index (χ3n) is 2.47. The lowest BCUT2D eigenvalue weighted by Gasteiger charge is -2.13. The van der Waals surface area contributed by atoms with Gasteiger partial charge in [-0.05, 0) is 24.3 Å². The van der Waals surface area contributed by atoms with Crippen molar-refractivity contribution in [1.82, 2.24) is 0 Å². The highest BCUT2D eigenvalue weighted by Gasteiger charge is 2.09. The first-order valence-corrected chi connectivity index (χ1v) is 6.15. The van der Waals surface area contributed by atoms with Gasteiger partial charge in [0.1, 0.15) is 17.4 Å². The van der Waals surface area contributed by atoms with Crippen molar-refractivity contribution in [3.63, 3.8) is 0 Å². The van der Waals surface area contributed by atoms with Crippen LogP contribution in [-0.4, -0.2) is 7.11 Å². The number of hydrogen-bond donors (Lipinski definition) is 2. The van der Waals surface area contributed by atoms with Crippen molar-refractivity contribution in [2.45, 2.75) is 0 Å². The highest BCUT2D eigenvalue weighted by atomic mass is 79.9. The summed E-state index contributed by atoms with van der Waals surface area (Å²) >= 11 is 3.31. The van der Waals surface area contributed by atoms with Crippen molar-refractivity contribution in [3.05, 3.63) is 46.4 Å². The van der Waals surface area contributed by atoms with E-state index in [1.807, 2.05) is 0 Å². The molecule has 19 heavy (non-hydrogen) atoms. The summed E-state index contributed by atoms with van der Waals surface area (Å²) in [5.74, 6) is -0.861. The molecule has 100 valence electrons. The fourth-order valence-electron chi connectivity index (χ4n) is 1.65. The summed E-state index contributed by atoms with van der Waals surface area (Å²) in [6, 6.07) is 6.55. The van der Waals surface area contributed by atoms with Crippen LogP contribution in [0, 0.1) is 11.6 Å². The second-order valence-electron chi connectivity index (χ2n) is 3.85. The van der Waals surface area contributed by atoms with E-state index in [1.165, 1.54) is 19.2 Å². The van der Waals surface area contributed by atoms with E-state index in [-0.39, 0.29) is 5.69 Å². The Bertz CT molecular complexity index is 600. The van der Waals surface area contributed by atoms with Crippen molar-refractivity contribution in [2.75, 3.05) is 18.2 Å². The van der Waals surface area contributed by atoms with Crippen LogP contribution in [-0.2, 0) is 0 Å². The van der Waals surface area contributed by atoms with Gasteiger partial charge in [0, 0.05) is 16.2 Å². The van der Waals surface area contributed by atoms with Gasteiger partial charge in [0.25, 0.3) is 0 Å². The van der Waals surface area contributed by atoms with Crippen LogP contribution >= 0.6 is 15.9 Å². The molecule has 0 aromatic heterocycles. The summed E-state index contributed by atoms with van der Waals surface area (Å²) in [6.45, 7) is 0. The molecule has 0 unspecified atom stereocenters. The van der Waals surface area contributed by atoms with Crippen LogP contribution in [0.1, 0.15) is 0 Å². The predicted molar refractivity (Wildman–Crippen MR) is 74.7 cm³/mol. The summed E-state index contributed by atoms with van der Waals surface area (Å²) in [5, 5.41) is 2.85. The number of nitrogens with one attached hydrogen (secondary N) is 1. The maximum absolute atomic E-state index is 13.1. The molecule has 0 heterocycles. The largest absolute Gasteiger partial charge is 0.494 e. The monoisotopic (exact) mass is 328 g/mol. The molecule has 0 spiro atoms. The van der Waals surface area contributed by atoms with Crippen LogP contribution in [0.2, 0.25) is 0 Å². The van der Waals surface area contributed by atoms with Crippen molar-refractivity contribution in [2.24, 2.45) is 0 Å². The molecule has 0 atom stereocenters. The van der Waals surface area contributed by atoms with E-state index >= 15 is 0 Å². The Labute approximate surface area is 117 Å². The molecule has 6 heteroatoms. The molecule has 0 bridgehead atoms. The zero-order valence-corrected chi connectivity index (χ0v) is 11.6. The SMILES string of the molecule is COc1cc(Br)cc(Nc2cc(F)cc(F)c2)c1N. The van der Waals surface area contributed by atoms with Gasteiger partial charge in [-0.3, -0.25) is 0 Å². The van der Waals surface area contributed by atoms with Crippen LogP contribution in [0.5, 0.6) is 5.75 Å². The van der Waals surface area contributed by atoms with Crippen LogP contribution in [0.15, 0.2) is 34.8 Å². The molecule has 0 fully saturated rings. The summed E-state index contributed by atoms with van der Waals surface area (Å²) in [4.78, 5) is 0. The number of nitrogens with two attached hydrogens (primary N) is 1. The number of benzene rings is 2. The standard InChI is InChI=1S/C13H11BrF2N2O/c1-19-12-3-7(14)2-11(13(12)17)18-10-5-8(15)4-9(16)6-10/h2-6,18H,17H2,1H3. The van der Waals surface area contributed by atoms with E-state index < -0.39 is 11.6 Å². The molecular weight excluding hydrogens is 318 g/mol. The van der Waals surface area contributed by atoms with Crippen molar-refractivity contribution in [1.29, 1.82) is 0 Å². The molecule has 3 N–H and O–H groups in total. The molecule has 0 saturated carbocycles. The smallest absolute Gasteiger partial charge is 0.145 e. The van der Waals surface area contributed by atoms with Crippen LogP contribution in [0.4, 0.5) is 25.8 Å². The van der Waals surface area contributed by atoms with E-state index in [2.05, 4.69) is 21.2 Å². The highest BCUT2D eigenvalue weighted by molar-refractivity contribution is 9.10. The molecule has 2 aromatic carbocycles. The number of nitrogen functional groups attached to an aromatic ring is 1. The van der Waals surface area contributed by atoms with Gasteiger partial charge in [0.2, 0.25) is 0 Å². The number of methoxy groups -OCH3 is 1. The van der Waals surface area contributed by atoms with E-state index in [0.29, 0.717) is 17.1 Å². The first-order valence-electron chi connectivity index (χ1n) is 5.35. The molecule has 0 aliphatic carbocycles. The third-order valence-corrected chi connectivity index (χ3v) is 2.93. The lowest BCUT2D eigenvalue weighted by Crippen LogP contribution is -2.00. The topological polar surface area (TPSA) is 47.3 Å². The van der Waals surface area contributed by atoms with E-state index in [1.54, 1.807) is 12.1 Å². The normalized spacial score (nSPS) is 10.3. The number of halogens is 3. The Morgan fingerprint density at radius 3 is 2.32 bits per heavy atom. The van der Waals surface area contributed by atoms with E-state index in [0.717, 1.165) is 10.5 Å².